The number of halogens is 3. The van der Waals surface area contributed by atoms with E-state index in [0.29, 0.717) is 24.0 Å². The molecule has 1 aromatic carbocycles. The predicted octanol–water partition coefficient (Wildman–Crippen LogP) is 2.18. The van der Waals surface area contributed by atoms with Gasteiger partial charge in [0.2, 0.25) is 0 Å². The lowest BCUT2D eigenvalue weighted by molar-refractivity contribution is -0.143. The van der Waals surface area contributed by atoms with Crippen LogP contribution in [0.1, 0.15) is 16.9 Å². The molecular formula is C14H17F3N4O. The molecule has 2 N–H and O–H groups in total. The summed E-state index contributed by atoms with van der Waals surface area (Å²) in [4.78, 5) is 13.2. The lowest BCUT2D eigenvalue weighted by Crippen LogP contribution is -2.33. The quantitative estimate of drug-likeness (QED) is 0.804. The van der Waals surface area contributed by atoms with Crippen LogP contribution in [0.15, 0.2) is 24.3 Å². The minimum Gasteiger partial charge on any atom is -0.351 e. The van der Waals surface area contributed by atoms with Gasteiger partial charge in [0.15, 0.2) is 5.69 Å². The van der Waals surface area contributed by atoms with Crippen LogP contribution in [0.5, 0.6) is 0 Å². The zero-order valence-corrected chi connectivity index (χ0v) is 12.1. The van der Waals surface area contributed by atoms with Gasteiger partial charge in [0.05, 0.1) is 12.1 Å². The Bertz CT molecular complexity index is 638. The molecule has 0 aliphatic carbocycles. The Hall–Kier alpha value is -2.09. The van der Waals surface area contributed by atoms with Crippen LogP contribution in [-0.2, 0) is 0 Å². The van der Waals surface area contributed by atoms with Crippen molar-refractivity contribution in [3.8, 4) is 0 Å². The van der Waals surface area contributed by atoms with E-state index >= 15 is 0 Å². The van der Waals surface area contributed by atoms with Crippen LogP contribution in [0.3, 0.4) is 0 Å². The number of aromatic nitrogens is 2. The summed E-state index contributed by atoms with van der Waals surface area (Å²) in [5.74, 6) is -0.337. The molecule has 22 heavy (non-hydrogen) atoms. The minimum absolute atomic E-state index is 0.251. The second-order valence-electron chi connectivity index (χ2n) is 5.08. The maximum atomic E-state index is 12.2. The van der Waals surface area contributed by atoms with Gasteiger partial charge in [-0.25, -0.2) is 0 Å². The minimum atomic E-state index is -4.20. The molecule has 0 aliphatic rings. The number of nitrogens with zero attached hydrogens (tertiary/aromatic N) is 2. The average molecular weight is 314 g/mol. The molecular weight excluding hydrogens is 297 g/mol. The Morgan fingerprint density at radius 2 is 2.09 bits per heavy atom. The van der Waals surface area contributed by atoms with E-state index in [1.807, 2.05) is 12.1 Å². The van der Waals surface area contributed by atoms with Crippen LogP contribution in [-0.4, -0.2) is 53.9 Å². The largest absolute Gasteiger partial charge is 0.401 e. The fourth-order valence-electron chi connectivity index (χ4n) is 2.16. The van der Waals surface area contributed by atoms with Crippen molar-refractivity contribution in [1.29, 1.82) is 0 Å². The standard InChI is InChI=1S/C14H17F3N4O/c1-21(9-14(15,16)17)8-4-7-18-13(22)12-10-5-2-3-6-11(10)19-20-12/h2-3,5-6H,4,7-9H2,1H3,(H,18,22)(H,19,20). The van der Waals surface area contributed by atoms with Crippen LogP contribution < -0.4 is 5.32 Å². The van der Waals surface area contributed by atoms with Crippen LogP contribution in [0.2, 0.25) is 0 Å². The molecule has 8 heteroatoms. The topological polar surface area (TPSA) is 61.0 Å². The normalized spacial score (nSPS) is 12.0. The van der Waals surface area contributed by atoms with Crippen molar-refractivity contribution in [3.05, 3.63) is 30.0 Å². The highest BCUT2D eigenvalue weighted by atomic mass is 19.4. The second-order valence-corrected chi connectivity index (χ2v) is 5.08. The van der Waals surface area contributed by atoms with Gasteiger partial charge < -0.3 is 5.32 Å². The van der Waals surface area contributed by atoms with Crippen molar-refractivity contribution in [2.45, 2.75) is 12.6 Å². The maximum absolute atomic E-state index is 12.2. The van der Waals surface area contributed by atoms with Gasteiger partial charge in [-0.3, -0.25) is 14.8 Å². The molecule has 0 bridgehead atoms. The molecule has 0 fully saturated rings. The maximum Gasteiger partial charge on any atom is 0.401 e. The molecule has 0 unspecified atom stereocenters. The van der Waals surface area contributed by atoms with E-state index in [4.69, 9.17) is 0 Å². The summed E-state index contributed by atoms with van der Waals surface area (Å²) in [7, 11) is 1.40. The van der Waals surface area contributed by atoms with Crippen LogP contribution in [0.4, 0.5) is 13.2 Å². The van der Waals surface area contributed by atoms with Crippen molar-refractivity contribution in [3.63, 3.8) is 0 Å². The highest BCUT2D eigenvalue weighted by molar-refractivity contribution is 6.04. The van der Waals surface area contributed by atoms with Crippen molar-refractivity contribution in [1.82, 2.24) is 20.4 Å². The third-order valence-electron chi connectivity index (χ3n) is 3.14. The first kappa shape index (κ1) is 16.3. The summed E-state index contributed by atoms with van der Waals surface area (Å²) in [6, 6.07) is 7.23. The number of benzene rings is 1. The number of rotatable bonds is 6. The van der Waals surface area contributed by atoms with E-state index < -0.39 is 12.7 Å². The monoisotopic (exact) mass is 314 g/mol. The van der Waals surface area contributed by atoms with Crippen molar-refractivity contribution in [2.75, 3.05) is 26.7 Å². The van der Waals surface area contributed by atoms with Gasteiger partial charge in [0.1, 0.15) is 0 Å². The Labute approximate surface area is 125 Å². The average Bonchev–Trinajstić information content (AvgIpc) is 2.85. The third kappa shape index (κ3) is 4.45. The number of hydrogen-bond donors (Lipinski definition) is 2. The molecule has 0 aliphatic heterocycles. The van der Waals surface area contributed by atoms with Crippen molar-refractivity contribution >= 4 is 16.8 Å². The van der Waals surface area contributed by atoms with Crippen molar-refractivity contribution in [2.24, 2.45) is 0 Å². The van der Waals surface area contributed by atoms with Gasteiger partial charge in [0.25, 0.3) is 5.91 Å². The first-order valence-corrected chi connectivity index (χ1v) is 6.83. The number of fused-ring (bicyclic) bond motifs is 1. The first-order chi connectivity index (χ1) is 10.4. The number of aromatic amines is 1. The van der Waals surface area contributed by atoms with Gasteiger partial charge in [-0.15, -0.1) is 0 Å². The van der Waals surface area contributed by atoms with Gasteiger partial charge >= 0.3 is 6.18 Å². The van der Waals surface area contributed by atoms with Gasteiger partial charge in [-0.1, -0.05) is 18.2 Å². The lowest BCUT2D eigenvalue weighted by atomic mass is 10.2. The van der Waals surface area contributed by atoms with Gasteiger partial charge in [0, 0.05) is 11.9 Å². The van der Waals surface area contributed by atoms with Gasteiger partial charge in [-0.2, -0.15) is 18.3 Å². The molecule has 5 nitrogen and oxygen atoms in total. The fraction of sp³-hybridized carbons (Fsp3) is 0.429. The number of carbonyl (C=O) groups excluding carboxylic acids is 1. The Kier molecular flexibility index (Phi) is 5.02. The number of H-pyrrole nitrogens is 1. The SMILES string of the molecule is CN(CCCNC(=O)c1n[nH]c2ccccc12)CC(F)(F)F. The number of carbonyl (C=O) groups is 1. The smallest absolute Gasteiger partial charge is 0.351 e. The molecule has 0 radical (unpaired) electrons. The summed E-state index contributed by atoms with van der Waals surface area (Å²) >= 11 is 0. The number of alkyl halides is 3. The van der Waals surface area contributed by atoms with E-state index in [2.05, 4.69) is 15.5 Å². The Balaban J connectivity index is 1.79. The van der Waals surface area contributed by atoms with E-state index in [1.54, 1.807) is 12.1 Å². The first-order valence-electron chi connectivity index (χ1n) is 6.83. The molecule has 0 saturated heterocycles. The number of para-hydroxylation sites is 1. The summed E-state index contributed by atoms with van der Waals surface area (Å²) < 4.78 is 36.5. The molecule has 1 heterocycles. The molecule has 1 amide bonds. The number of nitrogens with one attached hydrogen (secondary N) is 2. The molecule has 1 aromatic heterocycles. The Morgan fingerprint density at radius 1 is 1.36 bits per heavy atom. The third-order valence-corrected chi connectivity index (χ3v) is 3.14. The lowest BCUT2D eigenvalue weighted by Gasteiger charge is -2.18. The molecule has 2 aromatic rings. The molecule has 2 rings (SSSR count). The predicted molar refractivity (Wildman–Crippen MR) is 76.6 cm³/mol. The highest BCUT2D eigenvalue weighted by Gasteiger charge is 2.28. The molecule has 0 spiro atoms. The summed E-state index contributed by atoms with van der Waals surface area (Å²) in [5.41, 5.74) is 1.05. The summed E-state index contributed by atoms with van der Waals surface area (Å²) in [6.45, 7) is -0.408. The van der Waals surface area contributed by atoms with Crippen LogP contribution >= 0.6 is 0 Å². The molecule has 0 saturated carbocycles. The Morgan fingerprint density at radius 3 is 2.82 bits per heavy atom. The van der Waals surface area contributed by atoms with Crippen LogP contribution in [0.25, 0.3) is 10.9 Å². The van der Waals surface area contributed by atoms with Gasteiger partial charge in [-0.05, 0) is 26.1 Å². The zero-order valence-electron chi connectivity index (χ0n) is 12.1. The van der Waals surface area contributed by atoms with E-state index in [9.17, 15) is 18.0 Å². The summed E-state index contributed by atoms with van der Waals surface area (Å²) in [6.07, 6.45) is -3.77. The second kappa shape index (κ2) is 6.78. The van der Waals surface area contributed by atoms with E-state index in [-0.39, 0.29) is 12.5 Å². The summed E-state index contributed by atoms with van der Waals surface area (Å²) in [5, 5.41) is 10.1. The van der Waals surface area contributed by atoms with Crippen molar-refractivity contribution < 1.29 is 18.0 Å². The number of amides is 1. The van der Waals surface area contributed by atoms with E-state index in [1.165, 1.54) is 11.9 Å². The van der Waals surface area contributed by atoms with Crippen LogP contribution in [0, 0.1) is 0 Å². The fourth-order valence-corrected chi connectivity index (χ4v) is 2.16. The molecule has 0 atom stereocenters. The zero-order chi connectivity index (χ0) is 16.2. The number of hydrogen-bond acceptors (Lipinski definition) is 3. The molecule has 120 valence electrons. The highest BCUT2D eigenvalue weighted by Crippen LogP contribution is 2.16. The van der Waals surface area contributed by atoms with E-state index in [0.717, 1.165) is 5.52 Å².